The normalized spacial score (nSPS) is 16.5. The summed E-state index contributed by atoms with van der Waals surface area (Å²) in [5, 5.41) is 3.80. The van der Waals surface area contributed by atoms with Crippen LogP contribution < -0.4 is 5.32 Å². The molecule has 1 N–H and O–H groups in total. The Morgan fingerprint density at radius 1 is 1.29 bits per heavy atom. The molecule has 0 bridgehead atoms. The van der Waals surface area contributed by atoms with Crippen molar-refractivity contribution in [3.63, 3.8) is 0 Å². The molecule has 120 valence electrons. The van der Waals surface area contributed by atoms with Crippen molar-refractivity contribution in [3.05, 3.63) is 47.3 Å². The first-order chi connectivity index (χ1) is 9.20. The number of rotatable bonds is 5. The van der Waals surface area contributed by atoms with Crippen LogP contribution in [0.2, 0.25) is 5.02 Å². The van der Waals surface area contributed by atoms with Crippen molar-refractivity contribution in [2.75, 3.05) is 26.2 Å². The van der Waals surface area contributed by atoms with Gasteiger partial charge < -0.3 is 5.32 Å². The molecule has 1 aromatic carbocycles. The highest BCUT2D eigenvalue weighted by Gasteiger charge is 2.22. The van der Waals surface area contributed by atoms with Gasteiger partial charge in [-0.1, -0.05) is 17.7 Å². The maximum absolute atomic E-state index is 13.5. The van der Waals surface area contributed by atoms with E-state index in [9.17, 15) is 4.39 Å². The Morgan fingerprint density at radius 2 is 1.95 bits per heavy atom. The number of nitrogens with one attached hydrogen (secondary N) is 1. The smallest absolute Gasteiger partial charge is 0.125 e. The zero-order chi connectivity index (χ0) is 13.7. The molecule has 1 aliphatic heterocycles. The van der Waals surface area contributed by atoms with Gasteiger partial charge in [0, 0.05) is 37.2 Å². The van der Waals surface area contributed by atoms with E-state index in [0.29, 0.717) is 5.02 Å². The van der Waals surface area contributed by atoms with Gasteiger partial charge in [-0.05, 0) is 36.6 Å². The van der Waals surface area contributed by atoms with Crippen LogP contribution in [-0.2, 0) is 0 Å². The van der Waals surface area contributed by atoms with Crippen molar-refractivity contribution in [3.8, 4) is 0 Å². The van der Waals surface area contributed by atoms with Gasteiger partial charge in [0.15, 0.2) is 0 Å². The van der Waals surface area contributed by atoms with Crippen LogP contribution in [0.1, 0.15) is 24.4 Å². The number of hydrogen-bond donors (Lipinski definition) is 1. The fourth-order valence-corrected chi connectivity index (χ4v) is 2.83. The van der Waals surface area contributed by atoms with Gasteiger partial charge in [-0.3, -0.25) is 4.90 Å². The zero-order valence-corrected chi connectivity index (χ0v) is 14.2. The van der Waals surface area contributed by atoms with Gasteiger partial charge in [-0.15, -0.1) is 31.4 Å². The Labute approximate surface area is 143 Å². The average Bonchev–Trinajstić information content (AvgIpc) is 2.39. The fraction of sp³-hybridized carbons (Fsp3) is 0.467. The van der Waals surface area contributed by atoms with E-state index in [4.69, 9.17) is 11.6 Å². The Morgan fingerprint density at radius 3 is 2.52 bits per heavy atom. The van der Waals surface area contributed by atoms with Crippen LogP contribution in [0.25, 0.3) is 0 Å². The summed E-state index contributed by atoms with van der Waals surface area (Å²) in [5.74, 6) is -0.263. The molecular formula is C15H22Cl3FN2. The van der Waals surface area contributed by atoms with Gasteiger partial charge >= 0.3 is 0 Å². The predicted molar refractivity (Wildman–Crippen MR) is 92.5 cm³/mol. The maximum atomic E-state index is 13.5. The minimum atomic E-state index is -0.263. The number of piperazine rings is 1. The average molecular weight is 356 g/mol. The highest BCUT2D eigenvalue weighted by Crippen LogP contribution is 2.29. The number of hydrogen-bond acceptors (Lipinski definition) is 2. The van der Waals surface area contributed by atoms with E-state index >= 15 is 0 Å². The van der Waals surface area contributed by atoms with Crippen molar-refractivity contribution >= 4 is 36.4 Å². The molecule has 0 spiro atoms. The second-order valence-corrected chi connectivity index (χ2v) is 5.31. The molecule has 1 saturated heterocycles. The highest BCUT2D eigenvalue weighted by atomic mass is 35.5. The highest BCUT2D eigenvalue weighted by molar-refractivity contribution is 6.30. The molecule has 0 radical (unpaired) electrons. The summed E-state index contributed by atoms with van der Waals surface area (Å²) in [5.41, 5.74) is 0.966. The molecule has 0 unspecified atom stereocenters. The van der Waals surface area contributed by atoms with Crippen LogP contribution in [0.4, 0.5) is 4.39 Å². The standard InChI is InChI=1S/C15H20ClFN2.2ClH/c1-2-3-4-15(19-7-5-18-6-8-19)12-9-13(16)11-14(17)10-12;;/h2,9-11,15,18H,1,3-8H2;2*1H/t15-;;/m0../s1. The zero-order valence-electron chi connectivity index (χ0n) is 11.9. The monoisotopic (exact) mass is 354 g/mol. The lowest BCUT2D eigenvalue weighted by atomic mass is 9.99. The number of nitrogens with zero attached hydrogens (tertiary/aromatic N) is 1. The van der Waals surface area contributed by atoms with Crippen molar-refractivity contribution in [2.24, 2.45) is 0 Å². The van der Waals surface area contributed by atoms with Crippen molar-refractivity contribution in [1.82, 2.24) is 10.2 Å². The second kappa shape index (κ2) is 10.4. The van der Waals surface area contributed by atoms with Gasteiger partial charge in [-0.2, -0.15) is 0 Å². The predicted octanol–water partition coefficient (Wildman–Crippen LogP) is 4.24. The van der Waals surface area contributed by atoms with Gasteiger partial charge in [0.2, 0.25) is 0 Å². The first-order valence-electron chi connectivity index (χ1n) is 6.72. The first kappa shape index (κ1) is 20.7. The molecule has 0 amide bonds. The topological polar surface area (TPSA) is 15.3 Å². The van der Waals surface area contributed by atoms with Crippen molar-refractivity contribution < 1.29 is 4.39 Å². The van der Waals surface area contributed by atoms with E-state index < -0.39 is 0 Å². The molecule has 1 heterocycles. The third-order valence-electron chi connectivity index (χ3n) is 3.51. The van der Waals surface area contributed by atoms with Gasteiger partial charge in [0.25, 0.3) is 0 Å². The lowest BCUT2D eigenvalue weighted by Crippen LogP contribution is -2.45. The lowest BCUT2D eigenvalue weighted by Gasteiger charge is -2.35. The second-order valence-electron chi connectivity index (χ2n) is 4.87. The van der Waals surface area contributed by atoms with Gasteiger partial charge in [0.05, 0.1) is 0 Å². The van der Waals surface area contributed by atoms with E-state index in [-0.39, 0.29) is 36.7 Å². The summed E-state index contributed by atoms with van der Waals surface area (Å²) in [7, 11) is 0. The molecule has 1 fully saturated rings. The summed E-state index contributed by atoms with van der Waals surface area (Å²) >= 11 is 5.98. The quantitative estimate of drug-likeness (QED) is 0.795. The summed E-state index contributed by atoms with van der Waals surface area (Å²) in [6.45, 7) is 7.70. The molecular weight excluding hydrogens is 334 g/mol. The Kier molecular flexibility index (Phi) is 10.3. The van der Waals surface area contributed by atoms with E-state index in [1.54, 1.807) is 6.07 Å². The van der Waals surface area contributed by atoms with E-state index in [0.717, 1.165) is 44.6 Å². The van der Waals surface area contributed by atoms with E-state index in [2.05, 4.69) is 16.8 Å². The largest absolute Gasteiger partial charge is 0.314 e. The molecule has 0 aliphatic carbocycles. The lowest BCUT2D eigenvalue weighted by molar-refractivity contribution is 0.166. The van der Waals surface area contributed by atoms with E-state index in [1.165, 1.54) is 6.07 Å². The van der Waals surface area contributed by atoms with Gasteiger partial charge in [-0.25, -0.2) is 4.39 Å². The van der Waals surface area contributed by atoms with Crippen LogP contribution in [0.15, 0.2) is 30.9 Å². The van der Waals surface area contributed by atoms with Crippen LogP contribution in [0.5, 0.6) is 0 Å². The Balaban J connectivity index is 0.00000200. The first-order valence-corrected chi connectivity index (χ1v) is 7.10. The summed E-state index contributed by atoms with van der Waals surface area (Å²) in [4.78, 5) is 2.39. The third kappa shape index (κ3) is 6.13. The molecule has 2 rings (SSSR count). The number of halogens is 4. The van der Waals surface area contributed by atoms with Crippen molar-refractivity contribution in [2.45, 2.75) is 18.9 Å². The van der Waals surface area contributed by atoms with Crippen LogP contribution in [0, 0.1) is 5.82 Å². The molecule has 0 aromatic heterocycles. The molecule has 2 nitrogen and oxygen atoms in total. The molecule has 1 atom stereocenters. The van der Waals surface area contributed by atoms with Crippen LogP contribution in [0.3, 0.4) is 0 Å². The van der Waals surface area contributed by atoms with E-state index in [1.807, 2.05) is 12.1 Å². The molecule has 1 aromatic rings. The number of benzene rings is 1. The van der Waals surface area contributed by atoms with Crippen molar-refractivity contribution in [1.29, 1.82) is 0 Å². The summed E-state index contributed by atoms with van der Waals surface area (Å²) in [6, 6.07) is 5.04. The fourth-order valence-electron chi connectivity index (χ4n) is 2.60. The van der Waals surface area contributed by atoms with Crippen LogP contribution in [-0.4, -0.2) is 31.1 Å². The summed E-state index contributed by atoms with van der Waals surface area (Å²) in [6.07, 6.45) is 3.78. The third-order valence-corrected chi connectivity index (χ3v) is 3.72. The minimum absolute atomic E-state index is 0. The maximum Gasteiger partial charge on any atom is 0.125 e. The Bertz CT molecular complexity index is 417. The van der Waals surface area contributed by atoms with Crippen LogP contribution >= 0.6 is 36.4 Å². The molecule has 0 saturated carbocycles. The number of allylic oxidation sites excluding steroid dienone is 1. The van der Waals surface area contributed by atoms with Gasteiger partial charge in [0.1, 0.15) is 5.82 Å². The molecule has 6 heteroatoms. The SMILES string of the molecule is C=CCC[C@@H](c1cc(F)cc(Cl)c1)N1CCNCC1.Cl.Cl. The molecule has 1 aliphatic rings. The Hall–Kier alpha value is -0.320. The summed E-state index contributed by atoms with van der Waals surface area (Å²) < 4.78 is 13.5. The minimum Gasteiger partial charge on any atom is -0.314 e. The molecule has 21 heavy (non-hydrogen) atoms.